The number of aromatic nitrogens is 3. The molecule has 4 rings (SSSR count). The third-order valence-corrected chi connectivity index (χ3v) is 4.39. The van der Waals surface area contributed by atoms with Crippen LogP contribution < -0.4 is 5.32 Å². The molecule has 0 unspecified atom stereocenters. The molecule has 0 spiro atoms. The number of halogens is 4. The minimum Gasteiger partial charge on any atom is -0.337 e. The molecule has 2 aromatic carbocycles. The molecule has 0 bridgehead atoms. The zero-order chi connectivity index (χ0) is 18.1. The van der Waals surface area contributed by atoms with Crippen molar-refractivity contribution in [2.45, 2.75) is 0 Å². The van der Waals surface area contributed by atoms with Crippen molar-refractivity contribution in [2.75, 3.05) is 5.32 Å². The van der Waals surface area contributed by atoms with Crippen LogP contribution in [-0.4, -0.2) is 15.0 Å². The molecule has 0 atom stereocenters. The fraction of sp³-hybridized carbons (Fsp3) is 0. The largest absolute Gasteiger partial charge is 0.337 e. The van der Waals surface area contributed by atoms with Crippen molar-refractivity contribution in [3.63, 3.8) is 0 Å². The summed E-state index contributed by atoms with van der Waals surface area (Å²) in [6, 6.07) is 13.2. The van der Waals surface area contributed by atoms with Crippen LogP contribution in [0, 0.1) is 11.6 Å². The molecule has 4 nitrogen and oxygen atoms in total. The van der Waals surface area contributed by atoms with Gasteiger partial charge in [-0.1, -0.05) is 12.1 Å². The Bertz CT molecular complexity index is 1110. The molecule has 2 heterocycles. The van der Waals surface area contributed by atoms with E-state index >= 15 is 0 Å². The van der Waals surface area contributed by atoms with Crippen molar-refractivity contribution in [3.05, 3.63) is 77.0 Å². The number of fused-ring (bicyclic) bond motifs is 1. The average molecular weight is 450 g/mol. The van der Waals surface area contributed by atoms with Crippen LogP contribution in [-0.2, 0) is 0 Å². The van der Waals surface area contributed by atoms with E-state index in [0.29, 0.717) is 17.2 Å². The van der Waals surface area contributed by atoms with Crippen molar-refractivity contribution in [1.29, 1.82) is 0 Å². The predicted molar refractivity (Wildman–Crippen MR) is 107 cm³/mol. The van der Waals surface area contributed by atoms with Gasteiger partial charge in [-0.25, -0.2) is 18.7 Å². The second-order valence-corrected chi connectivity index (χ2v) is 6.38. The number of pyridine rings is 1. The number of para-hydroxylation sites is 1. The highest BCUT2D eigenvalue weighted by Crippen LogP contribution is 2.30. The van der Waals surface area contributed by atoms with Crippen molar-refractivity contribution in [3.8, 4) is 11.4 Å². The molecule has 0 aliphatic heterocycles. The topological polar surface area (TPSA) is 50.7 Å². The van der Waals surface area contributed by atoms with Gasteiger partial charge in [-0.15, -0.1) is 12.4 Å². The number of rotatable bonds is 3. The van der Waals surface area contributed by atoms with Crippen LogP contribution in [0.1, 0.15) is 0 Å². The molecule has 0 saturated carbocycles. The molecule has 0 saturated heterocycles. The SMILES string of the molecule is Cl.Fc1cc(F)c(Nc2nc(-c3cccnc3)nc3ccccc23)cc1Br. The van der Waals surface area contributed by atoms with E-state index in [9.17, 15) is 8.78 Å². The molecular weight excluding hydrogens is 438 g/mol. The second kappa shape index (κ2) is 7.94. The van der Waals surface area contributed by atoms with E-state index in [0.717, 1.165) is 17.0 Å². The molecule has 0 radical (unpaired) electrons. The first kappa shape index (κ1) is 19.1. The third-order valence-electron chi connectivity index (χ3n) is 3.79. The summed E-state index contributed by atoms with van der Waals surface area (Å²) in [6.45, 7) is 0. The fourth-order valence-electron chi connectivity index (χ4n) is 2.54. The highest BCUT2D eigenvalue weighted by molar-refractivity contribution is 9.10. The van der Waals surface area contributed by atoms with E-state index in [-0.39, 0.29) is 22.6 Å². The van der Waals surface area contributed by atoms with Crippen LogP contribution >= 0.6 is 28.3 Å². The van der Waals surface area contributed by atoms with Gasteiger partial charge in [0.25, 0.3) is 0 Å². The Balaban J connectivity index is 0.00000210. The van der Waals surface area contributed by atoms with Gasteiger partial charge in [-0.05, 0) is 46.3 Å². The Hall–Kier alpha value is -2.64. The second-order valence-electron chi connectivity index (χ2n) is 5.53. The first-order valence-electron chi connectivity index (χ1n) is 7.70. The lowest BCUT2D eigenvalue weighted by molar-refractivity contribution is 0.581. The van der Waals surface area contributed by atoms with Gasteiger partial charge in [0.05, 0.1) is 15.7 Å². The zero-order valence-corrected chi connectivity index (χ0v) is 16.1. The Labute approximate surface area is 168 Å². The third kappa shape index (κ3) is 3.89. The summed E-state index contributed by atoms with van der Waals surface area (Å²) in [5, 5.41) is 3.67. The maximum Gasteiger partial charge on any atom is 0.163 e. The van der Waals surface area contributed by atoms with Gasteiger partial charge < -0.3 is 5.32 Å². The maximum atomic E-state index is 14.2. The summed E-state index contributed by atoms with van der Waals surface area (Å²) in [7, 11) is 0. The lowest BCUT2D eigenvalue weighted by Gasteiger charge is -2.12. The predicted octanol–water partition coefficient (Wildman–Crippen LogP) is 5.90. The first-order valence-corrected chi connectivity index (χ1v) is 8.50. The zero-order valence-electron chi connectivity index (χ0n) is 13.7. The van der Waals surface area contributed by atoms with Gasteiger partial charge in [0.15, 0.2) is 5.82 Å². The van der Waals surface area contributed by atoms with Crippen molar-refractivity contribution < 1.29 is 8.78 Å². The number of anilines is 2. The highest BCUT2D eigenvalue weighted by atomic mass is 79.9. The summed E-state index contributed by atoms with van der Waals surface area (Å²) in [5.74, 6) is -0.499. The molecule has 0 amide bonds. The van der Waals surface area contributed by atoms with Crippen molar-refractivity contribution in [1.82, 2.24) is 15.0 Å². The van der Waals surface area contributed by atoms with Crippen LogP contribution in [0.3, 0.4) is 0 Å². The van der Waals surface area contributed by atoms with Crippen LogP contribution in [0.15, 0.2) is 65.4 Å². The summed E-state index contributed by atoms with van der Waals surface area (Å²) >= 11 is 3.07. The Morgan fingerprint density at radius 3 is 2.52 bits per heavy atom. The number of nitrogens with one attached hydrogen (secondary N) is 1. The summed E-state index contributed by atoms with van der Waals surface area (Å²) < 4.78 is 27.8. The molecule has 4 aromatic rings. The summed E-state index contributed by atoms with van der Waals surface area (Å²) in [6.07, 6.45) is 3.32. The van der Waals surface area contributed by atoms with Gasteiger partial charge in [-0.3, -0.25) is 4.98 Å². The average Bonchev–Trinajstić information content (AvgIpc) is 2.66. The molecule has 0 fully saturated rings. The molecule has 8 heteroatoms. The van der Waals surface area contributed by atoms with E-state index in [1.54, 1.807) is 18.5 Å². The van der Waals surface area contributed by atoms with Crippen molar-refractivity contribution in [2.24, 2.45) is 0 Å². The minimum atomic E-state index is -0.712. The molecule has 2 aromatic heterocycles. The Morgan fingerprint density at radius 1 is 0.926 bits per heavy atom. The first-order chi connectivity index (χ1) is 12.6. The lowest BCUT2D eigenvalue weighted by Crippen LogP contribution is -2.01. The van der Waals surface area contributed by atoms with Gasteiger partial charge in [0.1, 0.15) is 17.5 Å². The fourth-order valence-corrected chi connectivity index (χ4v) is 2.89. The molecule has 1 N–H and O–H groups in total. The van der Waals surface area contributed by atoms with Gasteiger partial charge in [0, 0.05) is 29.4 Å². The van der Waals surface area contributed by atoms with E-state index in [1.807, 2.05) is 30.3 Å². The van der Waals surface area contributed by atoms with Gasteiger partial charge in [-0.2, -0.15) is 0 Å². The Morgan fingerprint density at radius 2 is 1.74 bits per heavy atom. The smallest absolute Gasteiger partial charge is 0.163 e. The van der Waals surface area contributed by atoms with E-state index in [1.165, 1.54) is 6.07 Å². The van der Waals surface area contributed by atoms with E-state index < -0.39 is 11.6 Å². The Kier molecular flexibility index (Phi) is 5.62. The van der Waals surface area contributed by atoms with Crippen LogP contribution in [0.5, 0.6) is 0 Å². The van der Waals surface area contributed by atoms with Crippen molar-refractivity contribution >= 4 is 50.7 Å². The van der Waals surface area contributed by atoms with Crippen LogP contribution in [0.4, 0.5) is 20.3 Å². The number of hydrogen-bond acceptors (Lipinski definition) is 4. The number of hydrogen-bond donors (Lipinski definition) is 1. The van der Waals surface area contributed by atoms with Gasteiger partial charge in [0.2, 0.25) is 0 Å². The minimum absolute atomic E-state index is 0. The maximum absolute atomic E-state index is 14.2. The normalized spacial score (nSPS) is 10.5. The quantitative estimate of drug-likeness (QED) is 0.396. The van der Waals surface area contributed by atoms with E-state index in [4.69, 9.17) is 0 Å². The molecule has 0 aliphatic carbocycles. The highest BCUT2D eigenvalue weighted by Gasteiger charge is 2.13. The summed E-state index contributed by atoms with van der Waals surface area (Å²) in [5.41, 5.74) is 1.55. The number of benzene rings is 2. The molecule has 27 heavy (non-hydrogen) atoms. The molecule has 136 valence electrons. The van der Waals surface area contributed by atoms with Gasteiger partial charge >= 0.3 is 0 Å². The molecule has 0 aliphatic rings. The van der Waals surface area contributed by atoms with Crippen LogP contribution in [0.25, 0.3) is 22.3 Å². The number of nitrogens with zero attached hydrogens (tertiary/aromatic N) is 3. The standard InChI is InChI=1S/C19H11BrF2N4.ClH/c20-13-8-17(15(22)9-14(13)21)25-19-12-5-1-2-6-16(12)24-18(26-19)11-4-3-7-23-10-11;/h1-10H,(H,24,25,26);1H. The lowest BCUT2D eigenvalue weighted by atomic mass is 10.2. The monoisotopic (exact) mass is 448 g/mol. The van der Waals surface area contributed by atoms with Crippen LogP contribution in [0.2, 0.25) is 0 Å². The van der Waals surface area contributed by atoms with E-state index in [2.05, 4.69) is 36.2 Å². The molecular formula is C19H12BrClF2N4. The summed E-state index contributed by atoms with van der Waals surface area (Å²) in [4.78, 5) is 13.2.